The summed E-state index contributed by atoms with van der Waals surface area (Å²) in [5.74, 6) is -4.59. The Hall–Kier alpha value is -2.98. The molecule has 282 valence electrons. The van der Waals surface area contributed by atoms with E-state index in [1.54, 1.807) is 0 Å². The van der Waals surface area contributed by atoms with Crippen molar-refractivity contribution in [3.63, 3.8) is 0 Å². The Morgan fingerprint density at radius 2 is 0.875 bits per heavy atom. The number of aliphatic carboxylic acids is 1. The van der Waals surface area contributed by atoms with E-state index in [1.807, 2.05) is 0 Å². The summed E-state index contributed by atoms with van der Waals surface area (Å²) in [6.45, 7) is 2.23. The molecule has 0 spiro atoms. The van der Waals surface area contributed by atoms with Crippen molar-refractivity contribution in [3.8, 4) is 0 Å². The van der Waals surface area contributed by atoms with Gasteiger partial charge in [-0.25, -0.2) is 4.79 Å². The van der Waals surface area contributed by atoms with Gasteiger partial charge in [-0.05, 0) is 45.3 Å². The number of hydrogen-bond acceptors (Lipinski definition) is 11. The van der Waals surface area contributed by atoms with Crippen LogP contribution in [0.4, 0.5) is 13.2 Å². The molecule has 0 radical (unpaired) electrons. The monoisotopic (exact) mass is 700 g/mol. The summed E-state index contributed by atoms with van der Waals surface area (Å²) in [7, 11) is 0. The summed E-state index contributed by atoms with van der Waals surface area (Å²) < 4.78 is 48.0. The highest BCUT2D eigenvalue weighted by atomic mass is 19.4. The predicted molar refractivity (Wildman–Crippen MR) is 173 cm³/mol. The Morgan fingerprint density at radius 1 is 0.562 bits per heavy atom. The lowest BCUT2D eigenvalue weighted by atomic mass is 10.0. The van der Waals surface area contributed by atoms with Gasteiger partial charge < -0.3 is 41.8 Å². The molecular formula is C32H59F3N4O9. The first-order valence-electron chi connectivity index (χ1n) is 16.9. The van der Waals surface area contributed by atoms with E-state index in [-0.39, 0.29) is 51.4 Å². The predicted octanol–water partition coefficient (Wildman–Crippen LogP) is 4.02. The van der Waals surface area contributed by atoms with E-state index in [4.69, 9.17) is 41.3 Å². The molecule has 0 fully saturated rings. The smallest absolute Gasteiger partial charge is 0.475 e. The van der Waals surface area contributed by atoms with E-state index in [1.165, 1.54) is 44.9 Å². The van der Waals surface area contributed by atoms with Gasteiger partial charge in [-0.2, -0.15) is 13.2 Å². The van der Waals surface area contributed by atoms with Crippen LogP contribution in [0.5, 0.6) is 0 Å². The number of hydrogen-bond donors (Lipinski definition) is 5. The van der Waals surface area contributed by atoms with Gasteiger partial charge in [0, 0.05) is 25.7 Å². The third-order valence-electron chi connectivity index (χ3n) is 6.94. The van der Waals surface area contributed by atoms with Crippen LogP contribution in [-0.2, 0) is 38.2 Å². The summed E-state index contributed by atoms with van der Waals surface area (Å²) in [4.78, 5) is 58.6. The van der Waals surface area contributed by atoms with Crippen LogP contribution in [0.2, 0.25) is 0 Å². The third-order valence-corrected chi connectivity index (χ3v) is 6.94. The molecule has 0 rings (SSSR count). The van der Waals surface area contributed by atoms with Crippen molar-refractivity contribution in [1.29, 1.82) is 0 Å². The van der Waals surface area contributed by atoms with E-state index in [0.29, 0.717) is 45.3 Å². The van der Waals surface area contributed by atoms with Crippen molar-refractivity contribution in [3.05, 3.63) is 0 Å². The molecule has 0 aliphatic carbocycles. The van der Waals surface area contributed by atoms with Gasteiger partial charge in [0.05, 0.1) is 0 Å². The van der Waals surface area contributed by atoms with Crippen LogP contribution in [0.1, 0.15) is 122 Å². The molecule has 13 nitrogen and oxygen atoms in total. The van der Waals surface area contributed by atoms with Crippen LogP contribution in [-0.4, -0.2) is 86.1 Å². The van der Waals surface area contributed by atoms with Gasteiger partial charge in [0.2, 0.25) is 5.91 Å². The summed E-state index contributed by atoms with van der Waals surface area (Å²) in [5.41, 5.74) is 15.0. The first kappa shape index (κ1) is 47.1. The molecule has 0 aliphatic rings. The maximum Gasteiger partial charge on any atom is 0.490 e. The van der Waals surface area contributed by atoms with Crippen molar-refractivity contribution in [1.82, 2.24) is 5.32 Å². The van der Waals surface area contributed by atoms with Gasteiger partial charge in [0.15, 0.2) is 0 Å². The number of carbonyl (C=O) groups excluding carboxylic acids is 4. The number of unbranched alkanes of at least 4 members (excludes halogenated alkanes) is 10. The SMILES string of the molecule is CCCCCCCCCCCCCC(=O)NC(COC(=O)CCCN)(COC(=O)CCCN)COC(=O)CCCN.O=C(O)C(F)(F)F. The first-order chi connectivity index (χ1) is 22.8. The molecule has 0 atom stereocenters. The number of carboxylic acid groups (broad SMARTS) is 1. The van der Waals surface area contributed by atoms with Gasteiger partial charge in [0.1, 0.15) is 25.4 Å². The van der Waals surface area contributed by atoms with Crippen LogP contribution >= 0.6 is 0 Å². The molecule has 0 aliphatic heterocycles. The Bertz CT molecular complexity index is 834. The number of nitrogens with two attached hydrogens (primary N) is 3. The zero-order valence-electron chi connectivity index (χ0n) is 28.5. The highest BCUT2D eigenvalue weighted by Crippen LogP contribution is 2.15. The molecular weight excluding hydrogens is 641 g/mol. The summed E-state index contributed by atoms with van der Waals surface area (Å²) in [5, 5.41) is 9.98. The Morgan fingerprint density at radius 3 is 1.17 bits per heavy atom. The summed E-state index contributed by atoms with van der Waals surface area (Å²) >= 11 is 0. The van der Waals surface area contributed by atoms with Gasteiger partial charge >= 0.3 is 30.1 Å². The second-order valence-corrected chi connectivity index (χ2v) is 11.6. The lowest BCUT2D eigenvalue weighted by Crippen LogP contribution is -2.59. The second kappa shape index (κ2) is 30.1. The molecule has 0 saturated heterocycles. The van der Waals surface area contributed by atoms with Crippen LogP contribution in [0.3, 0.4) is 0 Å². The minimum Gasteiger partial charge on any atom is -0.475 e. The molecule has 0 aromatic heterocycles. The number of carboxylic acids is 1. The quantitative estimate of drug-likeness (QED) is 0.0443. The number of esters is 3. The number of carbonyl (C=O) groups is 5. The topological polar surface area (TPSA) is 223 Å². The molecule has 16 heteroatoms. The highest BCUT2D eigenvalue weighted by Gasteiger charge is 2.38. The molecule has 48 heavy (non-hydrogen) atoms. The number of alkyl halides is 3. The molecule has 0 bridgehead atoms. The van der Waals surface area contributed by atoms with Crippen molar-refractivity contribution < 1.29 is 56.5 Å². The van der Waals surface area contributed by atoms with Crippen LogP contribution in [0, 0.1) is 0 Å². The zero-order valence-corrected chi connectivity index (χ0v) is 28.5. The standard InChI is InChI=1S/C30H58N4O7.C2HF3O2/c1-2-3-4-5-6-7-8-9-10-11-12-16-26(35)34-30(23-39-27(36)17-13-20-31,24-40-28(37)18-14-21-32)25-41-29(38)19-15-22-33;3-2(4,5)1(6)7/h2-25,31-33H2,1H3,(H,34,35);(H,6,7). The number of halogens is 3. The van der Waals surface area contributed by atoms with Gasteiger partial charge in [0.25, 0.3) is 0 Å². The van der Waals surface area contributed by atoms with Crippen LogP contribution in [0.25, 0.3) is 0 Å². The second-order valence-electron chi connectivity index (χ2n) is 11.6. The molecule has 0 aromatic rings. The van der Waals surface area contributed by atoms with Crippen molar-refractivity contribution in [2.45, 2.75) is 134 Å². The average molecular weight is 701 g/mol. The lowest BCUT2D eigenvalue weighted by molar-refractivity contribution is -0.192. The van der Waals surface area contributed by atoms with Crippen molar-refractivity contribution >= 4 is 29.8 Å². The normalized spacial score (nSPS) is 11.2. The number of nitrogens with one attached hydrogen (secondary N) is 1. The average Bonchev–Trinajstić information content (AvgIpc) is 3.04. The third kappa shape index (κ3) is 29.2. The fraction of sp³-hybridized carbons (Fsp3) is 0.844. The summed E-state index contributed by atoms with van der Waals surface area (Å²) in [6, 6.07) is 0. The largest absolute Gasteiger partial charge is 0.490 e. The van der Waals surface area contributed by atoms with E-state index >= 15 is 0 Å². The number of rotatable bonds is 28. The Labute approximate surface area is 282 Å². The Balaban J connectivity index is 0. The first-order valence-corrected chi connectivity index (χ1v) is 16.9. The molecule has 8 N–H and O–H groups in total. The molecule has 0 saturated carbocycles. The lowest BCUT2D eigenvalue weighted by Gasteiger charge is -2.33. The van der Waals surface area contributed by atoms with Gasteiger partial charge in [-0.1, -0.05) is 71.1 Å². The van der Waals surface area contributed by atoms with E-state index in [9.17, 15) is 32.3 Å². The molecule has 1 amide bonds. The highest BCUT2D eigenvalue weighted by molar-refractivity contribution is 5.77. The fourth-order valence-electron chi connectivity index (χ4n) is 4.15. The molecule has 0 unspecified atom stereocenters. The molecule has 0 aromatic carbocycles. The van der Waals surface area contributed by atoms with Crippen molar-refractivity contribution in [2.24, 2.45) is 17.2 Å². The molecule has 0 heterocycles. The summed E-state index contributed by atoms with van der Waals surface area (Å²) in [6.07, 6.45) is 9.59. The van der Waals surface area contributed by atoms with E-state index < -0.39 is 35.6 Å². The minimum atomic E-state index is -5.08. The van der Waals surface area contributed by atoms with Gasteiger partial charge in [-0.3, -0.25) is 19.2 Å². The fourth-order valence-corrected chi connectivity index (χ4v) is 4.15. The maximum atomic E-state index is 13.0. The number of amides is 1. The van der Waals surface area contributed by atoms with E-state index in [2.05, 4.69) is 12.2 Å². The Kier molecular flexibility index (Phi) is 29.6. The zero-order chi connectivity index (χ0) is 36.7. The van der Waals surface area contributed by atoms with Crippen LogP contribution < -0.4 is 22.5 Å². The minimum absolute atomic E-state index is 0.103. The van der Waals surface area contributed by atoms with E-state index in [0.717, 1.165) is 19.3 Å². The number of ether oxygens (including phenoxy) is 3. The maximum absolute atomic E-state index is 13.0. The van der Waals surface area contributed by atoms with Crippen LogP contribution in [0.15, 0.2) is 0 Å². The van der Waals surface area contributed by atoms with Gasteiger partial charge in [-0.15, -0.1) is 0 Å². The van der Waals surface area contributed by atoms with Crippen molar-refractivity contribution in [2.75, 3.05) is 39.5 Å².